The maximum atomic E-state index is 13.0. The normalized spacial score (nSPS) is 10.9. The summed E-state index contributed by atoms with van der Waals surface area (Å²) in [4.78, 5) is 11.6. The van der Waals surface area contributed by atoms with Crippen molar-refractivity contribution in [1.82, 2.24) is 14.8 Å². The summed E-state index contributed by atoms with van der Waals surface area (Å²) in [5, 5.41) is 9.00. The number of hydrogen-bond acceptors (Lipinski definition) is 6. The van der Waals surface area contributed by atoms with Crippen LogP contribution in [-0.4, -0.2) is 27.8 Å². The fourth-order valence-electron chi connectivity index (χ4n) is 2.35. The molecule has 0 saturated carbocycles. The van der Waals surface area contributed by atoms with Crippen LogP contribution >= 0.6 is 11.8 Å². The molecule has 0 aliphatic heterocycles. The first-order chi connectivity index (χ1) is 12.0. The first kappa shape index (κ1) is 17.2. The van der Waals surface area contributed by atoms with E-state index >= 15 is 0 Å². The smallest absolute Gasteiger partial charge is 0.341 e. The van der Waals surface area contributed by atoms with Crippen LogP contribution in [0.2, 0.25) is 0 Å². The lowest BCUT2D eigenvalue weighted by atomic mass is 10.2. The van der Waals surface area contributed by atoms with E-state index in [9.17, 15) is 9.18 Å². The quantitative estimate of drug-likeness (QED) is 0.511. The number of methoxy groups -OCH3 is 1. The number of carbonyl (C=O) groups excluding carboxylic acids is 1. The van der Waals surface area contributed by atoms with Crippen LogP contribution < -0.4 is 0 Å². The van der Waals surface area contributed by atoms with Crippen molar-refractivity contribution in [3.63, 3.8) is 0 Å². The molecular weight excluding hydrogens is 345 g/mol. The average molecular weight is 361 g/mol. The largest absolute Gasteiger partial charge is 0.465 e. The summed E-state index contributed by atoms with van der Waals surface area (Å²) in [6.45, 7) is 1.72. The molecule has 0 aliphatic carbocycles. The van der Waals surface area contributed by atoms with Gasteiger partial charge in [-0.25, -0.2) is 9.18 Å². The van der Waals surface area contributed by atoms with Crippen LogP contribution in [0, 0.1) is 12.7 Å². The Labute approximate surface area is 148 Å². The van der Waals surface area contributed by atoms with Crippen LogP contribution in [0.3, 0.4) is 0 Å². The van der Waals surface area contributed by atoms with Gasteiger partial charge in [-0.3, -0.25) is 0 Å². The molecule has 3 aromatic rings. The van der Waals surface area contributed by atoms with E-state index < -0.39 is 5.97 Å². The number of aromatic nitrogens is 3. The molecule has 0 aliphatic rings. The maximum absolute atomic E-state index is 13.0. The van der Waals surface area contributed by atoms with Gasteiger partial charge in [0.05, 0.1) is 12.9 Å². The molecule has 3 rings (SSSR count). The summed E-state index contributed by atoms with van der Waals surface area (Å²) in [6, 6.07) is 7.76. The Bertz CT molecular complexity index is 903. The van der Waals surface area contributed by atoms with Crippen LogP contribution in [0.4, 0.5) is 4.39 Å². The molecule has 130 valence electrons. The summed E-state index contributed by atoms with van der Waals surface area (Å²) in [5.41, 5.74) is 1.20. The van der Waals surface area contributed by atoms with Crippen molar-refractivity contribution >= 4 is 17.7 Å². The third kappa shape index (κ3) is 3.58. The summed E-state index contributed by atoms with van der Waals surface area (Å²) >= 11 is 1.43. The highest BCUT2D eigenvalue weighted by Gasteiger charge is 2.17. The topological polar surface area (TPSA) is 70.2 Å². The molecule has 0 N–H and O–H groups in total. The molecule has 0 bridgehead atoms. The Morgan fingerprint density at radius 1 is 1.32 bits per heavy atom. The Morgan fingerprint density at radius 2 is 2.04 bits per heavy atom. The summed E-state index contributed by atoms with van der Waals surface area (Å²) in [6.07, 6.45) is 0. The lowest BCUT2D eigenvalue weighted by Gasteiger charge is -2.03. The van der Waals surface area contributed by atoms with Gasteiger partial charge in [0.25, 0.3) is 0 Å². The SMILES string of the molecule is COC(=O)c1cc(CSc2nnc(-c3ccc(F)cc3)n2C)oc1C. The molecule has 25 heavy (non-hydrogen) atoms. The molecule has 0 atom stereocenters. The first-order valence-corrected chi connectivity index (χ1v) is 8.44. The molecular formula is C17H16FN3O3S. The zero-order chi connectivity index (χ0) is 18.0. The van der Waals surface area contributed by atoms with Gasteiger partial charge < -0.3 is 13.7 Å². The highest BCUT2D eigenvalue weighted by Crippen LogP contribution is 2.27. The highest BCUT2D eigenvalue weighted by atomic mass is 32.2. The number of thioether (sulfide) groups is 1. The van der Waals surface area contributed by atoms with E-state index in [2.05, 4.69) is 10.2 Å². The number of furan rings is 1. The van der Waals surface area contributed by atoms with Gasteiger partial charge in [-0.2, -0.15) is 0 Å². The van der Waals surface area contributed by atoms with Gasteiger partial charge in [0, 0.05) is 12.6 Å². The monoisotopic (exact) mass is 361 g/mol. The van der Waals surface area contributed by atoms with Gasteiger partial charge in [0.1, 0.15) is 22.9 Å². The Balaban J connectivity index is 1.74. The molecule has 2 aromatic heterocycles. The first-order valence-electron chi connectivity index (χ1n) is 7.45. The summed E-state index contributed by atoms with van der Waals surface area (Å²) in [5.74, 6) is 1.59. The van der Waals surface area contributed by atoms with Crippen LogP contribution in [0.1, 0.15) is 21.9 Å². The molecule has 0 radical (unpaired) electrons. The van der Waals surface area contributed by atoms with Crippen molar-refractivity contribution in [2.24, 2.45) is 7.05 Å². The van der Waals surface area contributed by atoms with Crippen molar-refractivity contribution < 1.29 is 18.3 Å². The Morgan fingerprint density at radius 3 is 2.72 bits per heavy atom. The van der Waals surface area contributed by atoms with E-state index in [1.54, 1.807) is 25.1 Å². The van der Waals surface area contributed by atoms with Gasteiger partial charge in [0.15, 0.2) is 11.0 Å². The number of hydrogen-bond donors (Lipinski definition) is 0. The summed E-state index contributed by atoms with van der Waals surface area (Å²) < 4.78 is 25.2. The van der Waals surface area contributed by atoms with Crippen molar-refractivity contribution in [2.75, 3.05) is 7.11 Å². The predicted molar refractivity (Wildman–Crippen MR) is 90.7 cm³/mol. The number of rotatable bonds is 5. The maximum Gasteiger partial charge on any atom is 0.341 e. The molecule has 0 fully saturated rings. The zero-order valence-corrected chi connectivity index (χ0v) is 14.8. The molecule has 0 saturated heterocycles. The molecule has 8 heteroatoms. The fourth-order valence-corrected chi connectivity index (χ4v) is 3.15. The molecule has 1 aromatic carbocycles. The minimum Gasteiger partial charge on any atom is -0.465 e. The van der Waals surface area contributed by atoms with Crippen LogP contribution in [-0.2, 0) is 17.5 Å². The van der Waals surface area contributed by atoms with Gasteiger partial charge in [-0.15, -0.1) is 10.2 Å². The van der Waals surface area contributed by atoms with Crippen LogP contribution in [0.5, 0.6) is 0 Å². The van der Waals surface area contributed by atoms with E-state index in [1.807, 2.05) is 11.6 Å². The molecule has 0 spiro atoms. The summed E-state index contributed by atoms with van der Waals surface area (Å²) in [7, 11) is 3.17. The minimum atomic E-state index is -0.422. The highest BCUT2D eigenvalue weighted by molar-refractivity contribution is 7.98. The number of esters is 1. The number of halogens is 1. The van der Waals surface area contributed by atoms with E-state index in [0.29, 0.717) is 33.8 Å². The third-order valence-corrected chi connectivity index (χ3v) is 4.70. The number of aryl methyl sites for hydroxylation is 1. The van der Waals surface area contributed by atoms with E-state index in [1.165, 1.54) is 31.0 Å². The molecule has 2 heterocycles. The van der Waals surface area contributed by atoms with Crippen LogP contribution in [0.25, 0.3) is 11.4 Å². The predicted octanol–water partition coefficient (Wildman–Crippen LogP) is 3.60. The van der Waals surface area contributed by atoms with Crippen molar-refractivity contribution in [3.8, 4) is 11.4 Å². The van der Waals surface area contributed by atoms with Gasteiger partial charge in [-0.05, 0) is 37.3 Å². The second kappa shape index (κ2) is 7.10. The fraction of sp³-hybridized carbons (Fsp3) is 0.235. The minimum absolute atomic E-state index is 0.296. The number of benzene rings is 1. The lowest BCUT2D eigenvalue weighted by molar-refractivity contribution is 0.0599. The second-order valence-electron chi connectivity index (χ2n) is 5.33. The van der Waals surface area contributed by atoms with Gasteiger partial charge >= 0.3 is 5.97 Å². The second-order valence-corrected chi connectivity index (χ2v) is 6.28. The van der Waals surface area contributed by atoms with Gasteiger partial charge in [0.2, 0.25) is 0 Å². The average Bonchev–Trinajstić information content (AvgIpc) is 3.16. The number of ether oxygens (including phenoxy) is 1. The molecule has 0 unspecified atom stereocenters. The molecule has 6 nitrogen and oxygen atoms in total. The van der Waals surface area contributed by atoms with E-state index in [0.717, 1.165) is 5.56 Å². The van der Waals surface area contributed by atoms with E-state index in [-0.39, 0.29) is 5.82 Å². The van der Waals surface area contributed by atoms with Crippen LogP contribution in [0.15, 0.2) is 39.9 Å². The van der Waals surface area contributed by atoms with Crippen molar-refractivity contribution in [1.29, 1.82) is 0 Å². The van der Waals surface area contributed by atoms with Crippen molar-refractivity contribution in [2.45, 2.75) is 17.8 Å². The number of carbonyl (C=O) groups is 1. The Kier molecular flexibility index (Phi) is 4.89. The standard InChI is InChI=1S/C17H16FN3O3S/c1-10-14(16(22)23-3)8-13(24-10)9-25-17-20-19-15(21(17)2)11-4-6-12(18)7-5-11/h4-8H,9H2,1-3H3. The molecule has 0 amide bonds. The third-order valence-electron chi connectivity index (χ3n) is 3.65. The number of nitrogens with zero attached hydrogens (tertiary/aromatic N) is 3. The lowest BCUT2D eigenvalue weighted by Crippen LogP contribution is -2.00. The Hall–Kier alpha value is -2.61. The zero-order valence-electron chi connectivity index (χ0n) is 13.9. The van der Waals surface area contributed by atoms with Crippen molar-refractivity contribution in [3.05, 3.63) is 53.2 Å². The van der Waals surface area contributed by atoms with Gasteiger partial charge in [-0.1, -0.05) is 11.8 Å². The van der Waals surface area contributed by atoms with E-state index in [4.69, 9.17) is 9.15 Å².